The second kappa shape index (κ2) is 7.28. The van der Waals surface area contributed by atoms with E-state index in [1.807, 2.05) is 43.4 Å². The number of carbonyl (C=O) groups excluding carboxylic acids is 1. The molecule has 7 heteroatoms. The molecule has 118 valence electrons. The summed E-state index contributed by atoms with van der Waals surface area (Å²) < 4.78 is 45.0. The molecule has 0 aliphatic rings. The van der Waals surface area contributed by atoms with Crippen molar-refractivity contribution < 1.29 is 22.7 Å². The van der Waals surface area contributed by atoms with Crippen LogP contribution in [0.1, 0.15) is 34.6 Å². The molecule has 1 atom stereocenters. The summed E-state index contributed by atoms with van der Waals surface area (Å²) in [5, 5.41) is 0. The van der Waals surface area contributed by atoms with Crippen molar-refractivity contribution in [2.45, 2.75) is 64.5 Å². The normalized spacial score (nSPS) is 16.8. The number of ether oxygens (including phenoxy) is 1. The molecule has 0 saturated heterocycles. The maximum atomic E-state index is 13.2. The molecule has 0 aliphatic heterocycles. The molecule has 0 saturated carbocycles. The van der Waals surface area contributed by atoms with Crippen LogP contribution in [0.15, 0.2) is 9.28 Å². The fourth-order valence-corrected chi connectivity index (χ4v) is 9.24. The molecule has 0 amide bonds. The maximum absolute atomic E-state index is 13.2. The third-order valence-electron chi connectivity index (χ3n) is 3.86. The standard InChI is InChI=1S/C13H22F3IO2Si/c1-6-20(7-2,8-3)11(17)9-12(5,13(14,15)16)19-10(4)18/h9H,6-8H2,1-5H3/b11-9+/t12-/m1/s1. The van der Waals surface area contributed by atoms with Gasteiger partial charge in [-0.2, -0.15) is 13.2 Å². The summed E-state index contributed by atoms with van der Waals surface area (Å²) in [7, 11) is -1.90. The highest BCUT2D eigenvalue weighted by Gasteiger charge is 2.53. The van der Waals surface area contributed by atoms with Gasteiger partial charge >= 0.3 is 12.1 Å². The molecule has 0 radical (unpaired) electrons. The van der Waals surface area contributed by atoms with Crippen molar-refractivity contribution in [3.8, 4) is 0 Å². The molecule has 0 heterocycles. The van der Waals surface area contributed by atoms with Crippen molar-refractivity contribution in [3.63, 3.8) is 0 Å². The van der Waals surface area contributed by atoms with Gasteiger partial charge in [-0.1, -0.05) is 61.5 Å². The lowest BCUT2D eigenvalue weighted by Gasteiger charge is -2.33. The van der Waals surface area contributed by atoms with E-state index in [0.29, 0.717) is 0 Å². The van der Waals surface area contributed by atoms with Gasteiger partial charge in [0.05, 0.1) is 8.07 Å². The molecule has 0 spiro atoms. The maximum Gasteiger partial charge on any atom is 0.431 e. The number of esters is 1. The quantitative estimate of drug-likeness (QED) is 0.333. The van der Waals surface area contributed by atoms with Gasteiger partial charge in [-0.05, 0) is 16.2 Å². The van der Waals surface area contributed by atoms with Gasteiger partial charge in [-0.25, -0.2) is 0 Å². The van der Waals surface area contributed by atoms with Crippen LogP contribution in [0.2, 0.25) is 18.1 Å². The first kappa shape index (κ1) is 19.9. The predicted molar refractivity (Wildman–Crippen MR) is 85.5 cm³/mol. The van der Waals surface area contributed by atoms with Crippen molar-refractivity contribution in [2.24, 2.45) is 0 Å². The first-order valence-corrected chi connectivity index (χ1v) is 10.3. The van der Waals surface area contributed by atoms with Crippen molar-refractivity contribution in [1.82, 2.24) is 0 Å². The van der Waals surface area contributed by atoms with E-state index in [0.717, 1.165) is 41.3 Å². The molecule has 0 rings (SSSR count). The van der Waals surface area contributed by atoms with E-state index in [1.54, 1.807) is 0 Å². The highest BCUT2D eigenvalue weighted by atomic mass is 127. The molecule has 20 heavy (non-hydrogen) atoms. The van der Waals surface area contributed by atoms with Gasteiger partial charge < -0.3 is 4.74 Å². The zero-order valence-electron chi connectivity index (χ0n) is 12.5. The molecule has 0 aromatic rings. The summed E-state index contributed by atoms with van der Waals surface area (Å²) >= 11 is 2.00. The lowest BCUT2D eigenvalue weighted by atomic mass is 10.1. The molecule has 0 N–H and O–H groups in total. The number of hydrogen-bond acceptors (Lipinski definition) is 2. The molecule has 0 aromatic heterocycles. The molecule has 0 aliphatic carbocycles. The van der Waals surface area contributed by atoms with Gasteiger partial charge in [-0.15, -0.1) is 0 Å². The average molecular weight is 422 g/mol. The van der Waals surface area contributed by atoms with Crippen LogP contribution in [0.3, 0.4) is 0 Å². The first-order valence-electron chi connectivity index (χ1n) is 6.63. The van der Waals surface area contributed by atoms with Gasteiger partial charge in [0, 0.05) is 6.92 Å². The molecule has 0 unspecified atom stereocenters. The number of carbonyl (C=O) groups is 1. The summed E-state index contributed by atoms with van der Waals surface area (Å²) in [5.74, 6) is -0.929. The third-order valence-corrected chi connectivity index (χ3v) is 12.8. The van der Waals surface area contributed by atoms with Crippen LogP contribution in [-0.4, -0.2) is 25.8 Å². The smallest absolute Gasteiger partial charge is 0.431 e. The van der Waals surface area contributed by atoms with Gasteiger partial charge in [-0.3, -0.25) is 4.79 Å². The Balaban J connectivity index is 5.75. The number of alkyl halides is 3. The van der Waals surface area contributed by atoms with E-state index in [4.69, 9.17) is 0 Å². The van der Waals surface area contributed by atoms with E-state index in [-0.39, 0.29) is 0 Å². The number of halogens is 4. The van der Waals surface area contributed by atoms with Crippen molar-refractivity contribution in [1.29, 1.82) is 0 Å². The molecular formula is C13H22F3IO2Si. The molecule has 0 fully saturated rings. The van der Waals surface area contributed by atoms with E-state index in [9.17, 15) is 18.0 Å². The van der Waals surface area contributed by atoms with E-state index in [1.165, 1.54) is 0 Å². The van der Waals surface area contributed by atoms with E-state index < -0.39 is 25.8 Å². The topological polar surface area (TPSA) is 26.3 Å². The Morgan fingerprint density at radius 3 is 1.85 bits per heavy atom. The fourth-order valence-electron chi connectivity index (χ4n) is 2.12. The van der Waals surface area contributed by atoms with Crippen LogP contribution in [0.4, 0.5) is 13.2 Å². The Morgan fingerprint density at radius 2 is 1.60 bits per heavy atom. The van der Waals surface area contributed by atoms with Crippen LogP contribution in [0.5, 0.6) is 0 Å². The highest BCUT2D eigenvalue weighted by Crippen LogP contribution is 2.40. The Kier molecular flexibility index (Phi) is 7.26. The summed E-state index contributed by atoms with van der Waals surface area (Å²) in [6, 6.07) is 2.63. The van der Waals surface area contributed by atoms with E-state index >= 15 is 0 Å². The third kappa shape index (κ3) is 4.47. The Labute approximate surface area is 133 Å². The minimum absolute atomic E-state index is 0.726. The molecule has 0 bridgehead atoms. The second-order valence-corrected chi connectivity index (χ2v) is 12.4. The lowest BCUT2D eigenvalue weighted by Crippen LogP contribution is -2.46. The zero-order valence-corrected chi connectivity index (χ0v) is 15.7. The Bertz CT molecular complexity index is 370. The van der Waals surface area contributed by atoms with E-state index in [2.05, 4.69) is 4.74 Å². The number of rotatable bonds is 6. The summed E-state index contributed by atoms with van der Waals surface area (Å²) in [6.07, 6.45) is -3.51. The fraction of sp³-hybridized carbons (Fsp3) is 0.769. The largest absolute Gasteiger partial charge is 0.446 e. The van der Waals surface area contributed by atoms with Gasteiger partial charge in [0.25, 0.3) is 0 Å². The number of hydrogen-bond donors (Lipinski definition) is 0. The van der Waals surface area contributed by atoms with Crippen LogP contribution in [0, 0.1) is 0 Å². The van der Waals surface area contributed by atoms with Crippen LogP contribution in [0.25, 0.3) is 0 Å². The first-order chi connectivity index (χ1) is 8.98. The summed E-state index contributed by atoms with van der Waals surface area (Å²) in [5.41, 5.74) is -2.55. The van der Waals surface area contributed by atoms with Crippen molar-refractivity contribution in [3.05, 3.63) is 9.28 Å². The Hall–Kier alpha value is -0.0531. The monoisotopic (exact) mass is 422 g/mol. The van der Waals surface area contributed by atoms with Crippen LogP contribution >= 0.6 is 22.6 Å². The average Bonchev–Trinajstić information content (AvgIpc) is 2.29. The molecular weight excluding hydrogens is 400 g/mol. The van der Waals surface area contributed by atoms with Gasteiger partial charge in [0.1, 0.15) is 0 Å². The minimum Gasteiger partial charge on any atom is -0.446 e. The zero-order chi connectivity index (χ0) is 16.2. The van der Waals surface area contributed by atoms with Crippen molar-refractivity contribution in [2.75, 3.05) is 0 Å². The Morgan fingerprint density at radius 1 is 1.20 bits per heavy atom. The lowest BCUT2D eigenvalue weighted by molar-refractivity contribution is -0.245. The molecule has 0 aromatic carbocycles. The second-order valence-electron chi connectivity index (χ2n) is 5.03. The van der Waals surface area contributed by atoms with Crippen LogP contribution in [-0.2, 0) is 9.53 Å². The van der Waals surface area contributed by atoms with Crippen LogP contribution < -0.4 is 0 Å². The summed E-state index contributed by atoms with van der Waals surface area (Å²) in [6.45, 7) is 7.95. The predicted octanol–water partition coefficient (Wildman–Crippen LogP) is 5.24. The van der Waals surface area contributed by atoms with Gasteiger partial charge in [0.15, 0.2) is 0 Å². The summed E-state index contributed by atoms with van der Waals surface area (Å²) in [4.78, 5) is 11.0. The van der Waals surface area contributed by atoms with Crippen molar-refractivity contribution >= 4 is 36.6 Å². The molecule has 2 nitrogen and oxygen atoms in total. The minimum atomic E-state index is -4.62. The SMILES string of the molecule is CC[Si](CC)(CC)/C(I)=C/[C@@](C)(OC(C)=O)C(F)(F)F. The van der Waals surface area contributed by atoms with Gasteiger partial charge in [0.2, 0.25) is 5.60 Å². The highest BCUT2D eigenvalue weighted by molar-refractivity contribution is 14.1.